The topological polar surface area (TPSA) is 38.4 Å². The lowest BCUT2D eigenvalue weighted by atomic mass is 9.87. The van der Waals surface area contributed by atoms with Gasteiger partial charge in [-0.25, -0.2) is 0 Å². The van der Waals surface area contributed by atoms with Crippen molar-refractivity contribution in [3.05, 3.63) is 0 Å². The van der Waals surface area contributed by atoms with Crippen molar-refractivity contribution in [3.8, 4) is 0 Å². The number of rotatable bonds is 2. The summed E-state index contributed by atoms with van der Waals surface area (Å²) in [6, 6.07) is 0.546. The number of hydrogen-bond donors (Lipinski definition) is 1. The van der Waals surface area contributed by atoms with Gasteiger partial charge in [0.25, 0.3) is 0 Å². The van der Waals surface area contributed by atoms with Crippen LogP contribution >= 0.6 is 0 Å². The normalized spacial score (nSPS) is 36.2. The van der Waals surface area contributed by atoms with Crippen molar-refractivity contribution in [3.63, 3.8) is 0 Å². The molecule has 0 heterocycles. The highest BCUT2D eigenvalue weighted by atomic mass is 14.9. The average molecular weight is 180 g/mol. The minimum atomic E-state index is 0.546. The van der Waals surface area contributed by atoms with Gasteiger partial charge >= 0.3 is 0 Å². The molecule has 0 radical (unpaired) electrons. The van der Waals surface area contributed by atoms with E-state index in [2.05, 4.69) is 11.9 Å². The Morgan fingerprint density at radius 2 is 2.00 bits per heavy atom. The maximum Gasteiger partial charge on any atom is 0.0971 e. The van der Waals surface area contributed by atoms with Crippen molar-refractivity contribution >= 4 is 5.84 Å². The molecule has 2 heteroatoms. The fourth-order valence-corrected chi connectivity index (χ4v) is 2.21. The summed E-state index contributed by atoms with van der Waals surface area (Å²) in [5, 5.41) is 0. The fraction of sp³-hybridized carbons (Fsp3) is 0.909. The Kier molecular flexibility index (Phi) is 2.56. The lowest BCUT2D eigenvalue weighted by Crippen LogP contribution is -2.22. The van der Waals surface area contributed by atoms with Crippen LogP contribution in [0.3, 0.4) is 0 Å². The second kappa shape index (κ2) is 3.69. The van der Waals surface area contributed by atoms with Gasteiger partial charge in [-0.2, -0.15) is 0 Å². The molecule has 0 aromatic carbocycles. The van der Waals surface area contributed by atoms with Gasteiger partial charge in [0.1, 0.15) is 0 Å². The van der Waals surface area contributed by atoms with Crippen molar-refractivity contribution in [2.45, 2.75) is 51.5 Å². The molecule has 0 aromatic rings. The van der Waals surface area contributed by atoms with E-state index >= 15 is 0 Å². The zero-order valence-corrected chi connectivity index (χ0v) is 8.50. The van der Waals surface area contributed by atoms with Crippen LogP contribution in [-0.2, 0) is 0 Å². The van der Waals surface area contributed by atoms with Crippen LogP contribution in [0, 0.1) is 11.8 Å². The van der Waals surface area contributed by atoms with Crippen molar-refractivity contribution in [1.29, 1.82) is 0 Å². The second-order valence-corrected chi connectivity index (χ2v) is 4.75. The summed E-state index contributed by atoms with van der Waals surface area (Å²) in [4.78, 5) is 4.64. The van der Waals surface area contributed by atoms with E-state index in [1.807, 2.05) is 0 Å². The van der Waals surface area contributed by atoms with Crippen LogP contribution in [0.5, 0.6) is 0 Å². The number of nitrogens with zero attached hydrogens (tertiary/aromatic N) is 1. The van der Waals surface area contributed by atoms with E-state index in [1.54, 1.807) is 0 Å². The van der Waals surface area contributed by atoms with Crippen molar-refractivity contribution in [1.82, 2.24) is 0 Å². The Labute approximate surface area is 80.6 Å². The van der Waals surface area contributed by atoms with Gasteiger partial charge in [-0.15, -0.1) is 0 Å². The molecule has 0 spiro atoms. The molecule has 2 aliphatic carbocycles. The first-order chi connectivity index (χ1) is 6.25. The van der Waals surface area contributed by atoms with E-state index < -0.39 is 0 Å². The van der Waals surface area contributed by atoms with Gasteiger partial charge < -0.3 is 5.73 Å². The minimum Gasteiger partial charge on any atom is -0.387 e. The molecular formula is C11H20N2. The predicted octanol–water partition coefficient (Wildman–Crippen LogP) is 2.33. The molecule has 2 rings (SSSR count). The first-order valence-corrected chi connectivity index (χ1v) is 5.59. The highest BCUT2D eigenvalue weighted by Crippen LogP contribution is 2.31. The number of amidine groups is 1. The third-order valence-corrected chi connectivity index (χ3v) is 3.24. The Balaban J connectivity index is 1.88. The van der Waals surface area contributed by atoms with Gasteiger partial charge in [-0.3, -0.25) is 4.99 Å². The van der Waals surface area contributed by atoms with Crippen molar-refractivity contribution < 1.29 is 0 Å². The molecule has 0 saturated heterocycles. The standard InChI is InChI=1S/C11H20N2/c1-8-3-2-4-10(7-8)13-11(12)9-5-6-9/h8-10H,2-7H2,1H3,(H2,12,13). The SMILES string of the molecule is CC1CCCC(N=C(N)C2CC2)C1. The number of aliphatic imine (C=N–C) groups is 1. The summed E-state index contributed by atoms with van der Waals surface area (Å²) in [7, 11) is 0. The van der Waals surface area contributed by atoms with Crippen LogP contribution < -0.4 is 5.73 Å². The Morgan fingerprint density at radius 3 is 2.62 bits per heavy atom. The van der Waals surface area contributed by atoms with Gasteiger partial charge in [-0.05, 0) is 31.6 Å². The third kappa shape index (κ3) is 2.45. The predicted molar refractivity (Wildman–Crippen MR) is 55.8 cm³/mol. The second-order valence-electron chi connectivity index (χ2n) is 4.75. The number of hydrogen-bond acceptors (Lipinski definition) is 1. The lowest BCUT2D eigenvalue weighted by molar-refractivity contribution is 0.345. The molecule has 2 unspecified atom stereocenters. The van der Waals surface area contributed by atoms with Crippen LogP contribution in [0.1, 0.15) is 45.4 Å². The molecule has 2 aliphatic rings. The van der Waals surface area contributed by atoms with Crippen LogP contribution in [0.25, 0.3) is 0 Å². The highest BCUT2D eigenvalue weighted by molar-refractivity contribution is 5.85. The minimum absolute atomic E-state index is 0.546. The third-order valence-electron chi connectivity index (χ3n) is 3.24. The van der Waals surface area contributed by atoms with Crippen LogP contribution in [0.2, 0.25) is 0 Å². The van der Waals surface area contributed by atoms with Gasteiger partial charge in [0.15, 0.2) is 0 Å². The van der Waals surface area contributed by atoms with E-state index in [0.29, 0.717) is 12.0 Å². The molecule has 0 aromatic heterocycles. The zero-order valence-electron chi connectivity index (χ0n) is 8.50. The fourth-order valence-electron chi connectivity index (χ4n) is 2.21. The van der Waals surface area contributed by atoms with Gasteiger partial charge in [0.2, 0.25) is 0 Å². The van der Waals surface area contributed by atoms with Crippen LogP contribution in [-0.4, -0.2) is 11.9 Å². The molecule has 0 aliphatic heterocycles. The lowest BCUT2D eigenvalue weighted by Gasteiger charge is -2.24. The van der Waals surface area contributed by atoms with E-state index in [4.69, 9.17) is 5.73 Å². The molecule has 2 saturated carbocycles. The summed E-state index contributed by atoms with van der Waals surface area (Å²) < 4.78 is 0. The summed E-state index contributed by atoms with van der Waals surface area (Å²) in [5.41, 5.74) is 5.91. The molecule has 0 amide bonds. The Bertz CT molecular complexity index is 206. The molecule has 2 nitrogen and oxygen atoms in total. The van der Waals surface area contributed by atoms with E-state index in [0.717, 1.165) is 11.8 Å². The summed E-state index contributed by atoms with van der Waals surface area (Å²) >= 11 is 0. The first-order valence-electron chi connectivity index (χ1n) is 5.59. The summed E-state index contributed by atoms with van der Waals surface area (Å²) in [6.45, 7) is 2.33. The maximum absolute atomic E-state index is 5.91. The molecule has 13 heavy (non-hydrogen) atoms. The molecule has 74 valence electrons. The highest BCUT2D eigenvalue weighted by Gasteiger charge is 2.27. The van der Waals surface area contributed by atoms with Gasteiger partial charge in [-0.1, -0.05) is 19.8 Å². The molecule has 2 fully saturated rings. The summed E-state index contributed by atoms with van der Waals surface area (Å²) in [5.74, 6) is 2.45. The molecule has 2 atom stereocenters. The van der Waals surface area contributed by atoms with Crippen LogP contribution in [0.4, 0.5) is 0 Å². The molecule has 0 bridgehead atoms. The smallest absolute Gasteiger partial charge is 0.0971 e. The van der Waals surface area contributed by atoms with Crippen LogP contribution in [0.15, 0.2) is 4.99 Å². The molecule has 2 N–H and O–H groups in total. The molecular weight excluding hydrogens is 160 g/mol. The van der Waals surface area contributed by atoms with E-state index in [9.17, 15) is 0 Å². The van der Waals surface area contributed by atoms with E-state index in [1.165, 1.54) is 38.5 Å². The van der Waals surface area contributed by atoms with Gasteiger partial charge in [0, 0.05) is 5.92 Å². The number of nitrogens with two attached hydrogens (primary N) is 1. The quantitative estimate of drug-likeness (QED) is 0.514. The largest absolute Gasteiger partial charge is 0.387 e. The average Bonchev–Trinajstić information content (AvgIpc) is 2.85. The monoisotopic (exact) mass is 180 g/mol. The van der Waals surface area contributed by atoms with Crippen molar-refractivity contribution in [2.24, 2.45) is 22.6 Å². The summed E-state index contributed by atoms with van der Waals surface area (Å²) in [6.07, 6.45) is 7.79. The Morgan fingerprint density at radius 1 is 1.23 bits per heavy atom. The maximum atomic E-state index is 5.91. The first kappa shape index (κ1) is 9.04. The zero-order chi connectivity index (χ0) is 9.26. The van der Waals surface area contributed by atoms with Gasteiger partial charge in [0.05, 0.1) is 11.9 Å². The van der Waals surface area contributed by atoms with Crippen molar-refractivity contribution in [2.75, 3.05) is 0 Å². The Hall–Kier alpha value is -0.530. The van der Waals surface area contributed by atoms with E-state index in [-0.39, 0.29) is 0 Å².